The molecular weight excluding hydrogens is 424 g/mol. The van der Waals surface area contributed by atoms with Crippen LogP contribution in [0, 0.1) is 45.3 Å². The van der Waals surface area contributed by atoms with Crippen LogP contribution in [0.25, 0.3) is 0 Å². The number of aliphatic hydroxyl groups is 1. The van der Waals surface area contributed by atoms with Crippen LogP contribution in [0.15, 0.2) is 23.3 Å². The van der Waals surface area contributed by atoms with E-state index in [1.807, 2.05) is 6.92 Å². The van der Waals surface area contributed by atoms with Gasteiger partial charge >= 0.3 is 5.97 Å². The van der Waals surface area contributed by atoms with Crippen LogP contribution >= 0.6 is 0 Å². The largest absolute Gasteiger partial charge is 0.481 e. The molecule has 0 radical (unpaired) electrons. The third-order valence-electron chi connectivity index (χ3n) is 11.6. The van der Waals surface area contributed by atoms with E-state index in [0.29, 0.717) is 12.3 Å². The van der Waals surface area contributed by atoms with Crippen LogP contribution in [0.1, 0.15) is 99.3 Å². The molecule has 0 aromatic carbocycles. The minimum absolute atomic E-state index is 0.00977. The maximum Gasteiger partial charge on any atom is 0.306 e. The van der Waals surface area contributed by atoms with E-state index in [4.69, 9.17) is 0 Å². The number of rotatable bonds is 6. The molecule has 4 nitrogen and oxygen atoms in total. The Balaban J connectivity index is 1.68. The monoisotopic (exact) mass is 470 g/mol. The van der Waals surface area contributed by atoms with E-state index in [1.165, 1.54) is 5.57 Å². The topological polar surface area (TPSA) is 74.6 Å². The zero-order valence-corrected chi connectivity index (χ0v) is 22.2. The molecule has 4 aliphatic rings. The number of carbonyl (C=O) groups excluding carboxylic acids is 1. The fourth-order valence-electron chi connectivity index (χ4n) is 9.28. The molecule has 2 N–H and O–H groups in total. The minimum Gasteiger partial charge on any atom is -0.481 e. The van der Waals surface area contributed by atoms with Gasteiger partial charge in [-0.25, -0.2) is 0 Å². The number of allylic oxidation sites excluding steroid dienone is 4. The van der Waals surface area contributed by atoms with Gasteiger partial charge in [-0.3, -0.25) is 9.59 Å². The molecule has 4 rings (SSSR count). The number of Topliss-reactive ketones (excluding diaryl/α,β-unsaturated/α-hetero) is 1. The van der Waals surface area contributed by atoms with E-state index in [0.717, 1.165) is 51.4 Å². The third kappa shape index (κ3) is 3.49. The summed E-state index contributed by atoms with van der Waals surface area (Å²) in [7, 11) is 0. The highest BCUT2D eigenvalue weighted by molar-refractivity contribution is 5.86. The van der Waals surface area contributed by atoms with Gasteiger partial charge in [-0.2, -0.15) is 0 Å². The Labute approximate surface area is 206 Å². The Kier molecular flexibility index (Phi) is 6.50. The Morgan fingerprint density at radius 1 is 1.15 bits per heavy atom. The molecule has 8 atom stereocenters. The summed E-state index contributed by atoms with van der Waals surface area (Å²) in [5.41, 5.74) is 2.17. The van der Waals surface area contributed by atoms with Crippen molar-refractivity contribution < 1.29 is 19.8 Å². The van der Waals surface area contributed by atoms with Gasteiger partial charge in [0, 0.05) is 6.42 Å². The zero-order chi connectivity index (χ0) is 25.1. The average Bonchev–Trinajstić information content (AvgIpc) is 3.05. The quantitative estimate of drug-likeness (QED) is 0.430. The van der Waals surface area contributed by atoms with E-state index in [2.05, 4.69) is 46.8 Å². The number of fused-ring (bicyclic) bond motifs is 5. The SMILES string of the molecule is CC(C)=CCC[C@H](C(=O)O)[C@@H]1CC[C@]2(C)C3=CC[C@@H]4[C@](C)(CCC(=O)[C@]4(C)CO)[C@H]3CC[C@@]12C. The minimum atomic E-state index is -0.645. The second-order valence-electron chi connectivity index (χ2n) is 13.2. The number of carboxylic acid groups (broad SMARTS) is 1. The second-order valence-corrected chi connectivity index (χ2v) is 13.2. The molecule has 34 heavy (non-hydrogen) atoms. The molecule has 4 heteroatoms. The molecule has 0 spiro atoms. The first-order chi connectivity index (χ1) is 15.8. The van der Waals surface area contributed by atoms with Gasteiger partial charge in [0.1, 0.15) is 5.78 Å². The normalized spacial score (nSPS) is 44.4. The van der Waals surface area contributed by atoms with E-state index >= 15 is 0 Å². The summed E-state index contributed by atoms with van der Waals surface area (Å²) < 4.78 is 0. The summed E-state index contributed by atoms with van der Waals surface area (Å²) in [6.45, 7) is 13.3. The Morgan fingerprint density at radius 2 is 1.85 bits per heavy atom. The first-order valence-corrected chi connectivity index (χ1v) is 13.6. The first kappa shape index (κ1) is 25.7. The van der Waals surface area contributed by atoms with Crippen molar-refractivity contribution in [2.45, 2.75) is 99.3 Å². The standard InChI is InChI=1S/C30H46O4/c1-19(2)8-7-9-20(26(33)34)21-12-16-30(6)23-10-11-24-27(3,22(23)13-17-29(21,30)5)15-14-25(32)28(24,4)18-31/h8,10,20-22,24,31H,7,9,11-18H2,1-6H3,(H,33,34)/t20-,21-,22-,24+,27+,28+,29-,30+/m0/s1. The molecular formula is C30H46O4. The number of aliphatic carboxylic acids is 1. The number of carboxylic acids is 1. The maximum atomic E-state index is 12.9. The van der Waals surface area contributed by atoms with E-state index in [1.54, 1.807) is 5.57 Å². The summed E-state index contributed by atoms with van der Waals surface area (Å²) in [5.74, 6) is 0.105. The number of hydrogen-bond acceptors (Lipinski definition) is 3. The molecule has 0 aromatic heterocycles. The van der Waals surface area contributed by atoms with Crippen LogP contribution in [0.4, 0.5) is 0 Å². The third-order valence-corrected chi connectivity index (χ3v) is 11.6. The maximum absolute atomic E-state index is 12.9. The summed E-state index contributed by atoms with van der Waals surface area (Å²) >= 11 is 0. The molecule has 3 fully saturated rings. The van der Waals surface area contributed by atoms with Crippen LogP contribution < -0.4 is 0 Å². The van der Waals surface area contributed by atoms with Gasteiger partial charge in [-0.05, 0) is 99.2 Å². The fraction of sp³-hybridized carbons (Fsp3) is 0.800. The fourth-order valence-corrected chi connectivity index (χ4v) is 9.28. The van der Waals surface area contributed by atoms with E-state index in [-0.39, 0.29) is 46.4 Å². The van der Waals surface area contributed by atoms with Crippen molar-refractivity contribution in [3.05, 3.63) is 23.3 Å². The van der Waals surface area contributed by atoms with Crippen molar-refractivity contribution >= 4 is 11.8 Å². The lowest BCUT2D eigenvalue weighted by molar-refractivity contribution is -0.153. The lowest BCUT2D eigenvalue weighted by Crippen LogP contribution is -2.58. The lowest BCUT2D eigenvalue weighted by Gasteiger charge is -2.63. The molecule has 0 saturated heterocycles. The van der Waals surface area contributed by atoms with Gasteiger partial charge in [0.15, 0.2) is 0 Å². The average molecular weight is 471 g/mol. The van der Waals surface area contributed by atoms with Crippen molar-refractivity contribution in [3.8, 4) is 0 Å². The summed E-state index contributed by atoms with van der Waals surface area (Å²) in [4.78, 5) is 25.3. The number of hydrogen-bond donors (Lipinski definition) is 2. The van der Waals surface area contributed by atoms with Gasteiger partial charge in [0.2, 0.25) is 0 Å². The van der Waals surface area contributed by atoms with Crippen molar-refractivity contribution in [2.75, 3.05) is 6.61 Å². The molecule has 0 unspecified atom stereocenters. The highest BCUT2D eigenvalue weighted by atomic mass is 16.4. The lowest BCUT2D eigenvalue weighted by atomic mass is 9.41. The Hall–Kier alpha value is -1.42. The molecule has 0 aliphatic heterocycles. The van der Waals surface area contributed by atoms with Crippen LogP contribution in [-0.2, 0) is 9.59 Å². The van der Waals surface area contributed by atoms with Gasteiger partial charge < -0.3 is 10.2 Å². The summed E-state index contributed by atoms with van der Waals surface area (Å²) in [6.07, 6.45) is 12.6. The second kappa shape index (κ2) is 8.61. The van der Waals surface area contributed by atoms with Crippen LogP contribution in [0.3, 0.4) is 0 Å². The molecule has 0 aromatic rings. The molecule has 0 heterocycles. The smallest absolute Gasteiger partial charge is 0.306 e. The molecule has 3 saturated carbocycles. The molecule has 0 amide bonds. The first-order valence-electron chi connectivity index (χ1n) is 13.6. The van der Waals surface area contributed by atoms with Gasteiger partial charge in [-0.1, -0.05) is 51.0 Å². The van der Waals surface area contributed by atoms with E-state index < -0.39 is 11.4 Å². The Morgan fingerprint density at radius 3 is 2.47 bits per heavy atom. The van der Waals surface area contributed by atoms with Crippen molar-refractivity contribution in [2.24, 2.45) is 45.3 Å². The predicted molar refractivity (Wildman–Crippen MR) is 135 cm³/mol. The van der Waals surface area contributed by atoms with Crippen LogP contribution in [0.5, 0.6) is 0 Å². The number of ketones is 1. The zero-order valence-electron chi connectivity index (χ0n) is 22.2. The molecule has 4 aliphatic carbocycles. The highest BCUT2D eigenvalue weighted by Gasteiger charge is 2.66. The molecule has 0 bridgehead atoms. The molecule has 190 valence electrons. The van der Waals surface area contributed by atoms with Crippen LogP contribution in [0.2, 0.25) is 0 Å². The van der Waals surface area contributed by atoms with E-state index in [9.17, 15) is 19.8 Å². The van der Waals surface area contributed by atoms with Gasteiger partial charge in [0.25, 0.3) is 0 Å². The summed E-state index contributed by atoms with van der Waals surface area (Å²) in [6, 6.07) is 0. The predicted octanol–water partition coefficient (Wildman–Crippen LogP) is 6.58. The summed E-state index contributed by atoms with van der Waals surface area (Å²) in [5, 5.41) is 20.5. The van der Waals surface area contributed by atoms with Crippen molar-refractivity contribution in [1.29, 1.82) is 0 Å². The van der Waals surface area contributed by atoms with Gasteiger partial charge in [-0.15, -0.1) is 0 Å². The van der Waals surface area contributed by atoms with Crippen molar-refractivity contribution in [3.63, 3.8) is 0 Å². The Bertz CT molecular complexity index is 913. The highest BCUT2D eigenvalue weighted by Crippen LogP contribution is 2.73. The van der Waals surface area contributed by atoms with Gasteiger partial charge in [0.05, 0.1) is 17.9 Å². The number of carbonyl (C=O) groups is 2. The van der Waals surface area contributed by atoms with Crippen molar-refractivity contribution in [1.82, 2.24) is 0 Å². The van der Waals surface area contributed by atoms with Crippen LogP contribution in [-0.4, -0.2) is 28.6 Å². The number of aliphatic hydroxyl groups excluding tert-OH is 1.